The first-order valence-electron chi connectivity index (χ1n) is 5.49. The van der Waals surface area contributed by atoms with Crippen LogP contribution < -0.4 is 0 Å². The summed E-state index contributed by atoms with van der Waals surface area (Å²) < 4.78 is 0. The number of carbonyl (C=O) groups excluding carboxylic acids is 1. The minimum absolute atomic E-state index is 0.0733. The fourth-order valence-electron chi connectivity index (χ4n) is 1.47. The van der Waals surface area contributed by atoms with Crippen molar-refractivity contribution < 1.29 is 19.8 Å². The minimum atomic E-state index is -1.29. The monoisotopic (exact) mass is 251 g/mol. The molecule has 5 heteroatoms. The van der Waals surface area contributed by atoms with E-state index in [0.717, 1.165) is 0 Å². The molecule has 0 aliphatic rings. The lowest BCUT2D eigenvalue weighted by Crippen LogP contribution is -2.50. The number of hydrogen-bond acceptors (Lipinski definition) is 3. The molecule has 1 amide bonds. The zero-order valence-electron chi connectivity index (χ0n) is 10.9. The van der Waals surface area contributed by atoms with E-state index in [-0.39, 0.29) is 11.7 Å². The Morgan fingerprint density at radius 2 is 1.83 bits per heavy atom. The van der Waals surface area contributed by atoms with Crippen molar-refractivity contribution in [2.24, 2.45) is 0 Å². The quantitative estimate of drug-likeness (QED) is 0.856. The highest BCUT2D eigenvalue weighted by Gasteiger charge is 2.35. The molecule has 98 valence electrons. The van der Waals surface area contributed by atoms with E-state index in [0.29, 0.717) is 11.1 Å². The number of aromatic hydroxyl groups is 1. The predicted octanol–water partition coefficient (Wildman–Crippen LogP) is 1.64. The van der Waals surface area contributed by atoms with Gasteiger partial charge in [0.1, 0.15) is 11.3 Å². The average Bonchev–Trinajstić information content (AvgIpc) is 2.26. The lowest BCUT2D eigenvalue weighted by atomic mass is 10.0. The van der Waals surface area contributed by atoms with Gasteiger partial charge < -0.3 is 15.1 Å². The summed E-state index contributed by atoms with van der Waals surface area (Å²) in [6.45, 7) is 4.61. The van der Waals surface area contributed by atoms with Crippen LogP contribution in [0.15, 0.2) is 18.2 Å². The van der Waals surface area contributed by atoms with E-state index < -0.39 is 11.5 Å². The SMILES string of the molecule is Cc1cc(O)ccc1C(=O)N(C)C(C)(C)C(=O)O. The number of amides is 1. The maximum absolute atomic E-state index is 12.2. The van der Waals surface area contributed by atoms with Gasteiger partial charge in [-0.25, -0.2) is 4.79 Å². The predicted molar refractivity (Wildman–Crippen MR) is 66.7 cm³/mol. The van der Waals surface area contributed by atoms with Crippen molar-refractivity contribution >= 4 is 11.9 Å². The molecule has 0 saturated heterocycles. The number of carboxylic acids is 1. The van der Waals surface area contributed by atoms with Crippen molar-refractivity contribution in [1.29, 1.82) is 0 Å². The number of carboxylic acid groups (broad SMARTS) is 1. The Kier molecular flexibility index (Phi) is 3.65. The zero-order valence-corrected chi connectivity index (χ0v) is 10.9. The number of phenols is 1. The highest BCUT2D eigenvalue weighted by Crippen LogP contribution is 2.21. The van der Waals surface area contributed by atoms with Crippen LogP contribution >= 0.6 is 0 Å². The number of likely N-dealkylation sites (N-methyl/N-ethyl adjacent to an activating group) is 1. The van der Waals surface area contributed by atoms with Gasteiger partial charge in [0.05, 0.1) is 0 Å². The molecule has 0 saturated carbocycles. The Morgan fingerprint density at radius 1 is 1.28 bits per heavy atom. The second-order valence-corrected chi connectivity index (χ2v) is 4.73. The zero-order chi connectivity index (χ0) is 14.1. The summed E-state index contributed by atoms with van der Waals surface area (Å²) >= 11 is 0. The number of aliphatic carboxylic acids is 1. The molecule has 0 heterocycles. The summed E-state index contributed by atoms with van der Waals surface area (Å²) in [5.74, 6) is -1.39. The molecule has 0 aliphatic heterocycles. The maximum Gasteiger partial charge on any atom is 0.329 e. The van der Waals surface area contributed by atoms with Crippen LogP contribution in [0.3, 0.4) is 0 Å². The van der Waals surface area contributed by atoms with Crippen LogP contribution in [0.5, 0.6) is 5.75 Å². The minimum Gasteiger partial charge on any atom is -0.508 e. The van der Waals surface area contributed by atoms with E-state index in [1.54, 1.807) is 6.92 Å². The molecule has 1 rings (SSSR count). The van der Waals surface area contributed by atoms with Gasteiger partial charge in [-0.15, -0.1) is 0 Å². The molecule has 0 spiro atoms. The van der Waals surface area contributed by atoms with Crippen LogP contribution in [0, 0.1) is 6.92 Å². The molecule has 1 aromatic rings. The second-order valence-electron chi connectivity index (χ2n) is 4.73. The Morgan fingerprint density at radius 3 is 2.28 bits per heavy atom. The van der Waals surface area contributed by atoms with Gasteiger partial charge in [0, 0.05) is 12.6 Å². The van der Waals surface area contributed by atoms with Crippen molar-refractivity contribution in [3.05, 3.63) is 29.3 Å². The smallest absolute Gasteiger partial charge is 0.329 e. The molecular weight excluding hydrogens is 234 g/mol. The van der Waals surface area contributed by atoms with E-state index in [4.69, 9.17) is 5.11 Å². The van der Waals surface area contributed by atoms with Gasteiger partial charge in [0.15, 0.2) is 0 Å². The number of carbonyl (C=O) groups is 2. The summed E-state index contributed by atoms with van der Waals surface area (Å²) in [7, 11) is 1.45. The van der Waals surface area contributed by atoms with Crippen LogP contribution in [0.1, 0.15) is 29.8 Å². The van der Waals surface area contributed by atoms with Crippen molar-refractivity contribution in [1.82, 2.24) is 4.90 Å². The van der Waals surface area contributed by atoms with Crippen molar-refractivity contribution in [2.75, 3.05) is 7.05 Å². The van der Waals surface area contributed by atoms with Gasteiger partial charge in [-0.05, 0) is 44.5 Å². The molecule has 0 unspecified atom stereocenters. The Bertz CT molecular complexity index is 494. The molecule has 0 bridgehead atoms. The van der Waals surface area contributed by atoms with Gasteiger partial charge in [-0.2, -0.15) is 0 Å². The maximum atomic E-state index is 12.2. The van der Waals surface area contributed by atoms with E-state index in [1.165, 1.54) is 44.0 Å². The summed E-state index contributed by atoms with van der Waals surface area (Å²) in [5.41, 5.74) is -0.306. The number of benzene rings is 1. The largest absolute Gasteiger partial charge is 0.508 e. The van der Waals surface area contributed by atoms with Crippen LogP contribution in [0.25, 0.3) is 0 Å². The van der Waals surface area contributed by atoms with Crippen LogP contribution in [0.4, 0.5) is 0 Å². The molecular formula is C13H17NO4. The number of nitrogens with zero attached hydrogens (tertiary/aromatic N) is 1. The van der Waals surface area contributed by atoms with E-state index in [9.17, 15) is 14.7 Å². The summed E-state index contributed by atoms with van der Waals surface area (Å²) in [6.07, 6.45) is 0. The topological polar surface area (TPSA) is 77.8 Å². The summed E-state index contributed by atoms with van der Waals surface area (Å²) in [4.78, 5) is 24.5. The Balaban J connectivity index is 3.11. The normalized spacial score (nSPS) is 11.1. The summed E-state index contributed by atoms with van der Waals surface area (Å²) in [6, 6.07) is 4.36. The fraction of sp³-hybridized carbons (Fsp3) is 0.385. The van der Waals surface area contributed by atoms with Crippen molar-refractivity contribution in [3.63, 3.8) is 0 Å². The number of rotatable bonds is 3. The van der Waals surface area contributed by atoms with Gasteiger partial charge in [-0.1, -0.05) is 0 Å². The molecule has 5 nitrogen and oxygen atoms in total. The van der Waals surface area contributed by atoms with Gasteiger partial charge in [-0.3, -0.25) is 4.79 Å². The van der Waals surface area contributed by atoms with Gasteiger partial charge in [0.25, 0.3) is 5.91 Å². The van der Waals surface area contributed by atoms with Gasteiger partial charge in [0.2, 0.25) is 0 Å². The Hall–Kier alpha value is -2.04. The first kappa shape index (κ1) is 14.0. The third-order valence-corrected chi connectivity index (χ3v) is 3.11. The van der Waals surface area contributed by atoms with Crippen LogP contribution in [0.2, 0.25) is 0 Å². The van der Waals surface area contributed by atoms with Crippen LogP contribution in [-0.2, 0) is 4.79 Å². The second kappa shape index (κ2) is 4.68. The first-order chi connectivity index (χ1) is 8.17. The number of hydrogen-bond donors (Lipinski definition) is 2. The third-order valence-electron chi connectivity index (χ3n) is 3.11. The van der Waals surface area contributed by atoms with E-state index in [1.807, 2.05) is 0 Å². The molecule has 0 aliphatic carbocycles. The highest BCUT2D eigenvalue weighted by molar-refractivity contribution is 5.98. The lowest BCUT2D eigenvalue weighted by Gasteiger charge is -2.32. The molecule has 0 atom stereocenters. The molecule has 0 fully saturated rings. The molecule has 1 aromatic carbocycles. The lowest BCUT2D eigenvalue weighted by molar-refractivity contribution is -0.147. The molecule has 18 heavy (non-hydrogen) atoms. The molecule has 0 radical (unpaired) electrons. The van der Waals surface area contributed by atoms with E-state index >= 15 is 0 Å². The van der Waals surface area contributed by atoms with Crippen molar-refractivity contribution in [3.8, 4) is 5.75 Å². The summed E-state index contributed by atoms with van der Waals surface area (Å²) in [5, 5.41) is 18.4. The fourth-order valence-corrected chi connectivity index (χ4v) is 1.47. The number of phenolic OH excluding ortho intramolecular Hbond substituents is 1. The van der Waals surface area contributed by atoms with E-state index in [2.05, 4.69) is 0 Å². The standard InChI is InChI=1S/C13H17NO4/c1-8-7-9(15)5-6-10(8)11(16)14(4)13(2,3)12(17)18/h5-7,15H,1-4H3,(H,17,18). The molecule has 2 N–H and O–H groups in total. The first-order valence-corrected chi connectivity index (χ1v) is 5.49. The van der Waals surface area contributed by atoms with Crippen LogP contribution in [-0.4, -0.2) is 39.6 Å². The Labute approximate surface area is 106 Å². The number of aryl methyl sites for hydroxylation is 1. The highest BCUT2D eigenvalue weighted by atomic mass is 16.4. The molecule has 0 aromatic heterocycles. The van der Waals surface area contributed by atoms with Gasteiger partial charge >= 0.3 is 5.97 Å². The van der Waals surface area contributed by atoms with Crippen molar-refractivity contribution in [2.45, 2.75) is 26.3 Å². The average molecular weight is 251 g/mol. The third kappa shape index (κ3) is 2.45.